The molecule has 0 unspecified atom stereocenters. The third kappa shape index (κ3) is 4.00. The predicted octanol–water partition coefficient (Wildman–Crippen LogP) is -0.334. The van der Waals surface area contributed by atoms with E-state index in [0.29, 0.717) is 25.1 Å². The van der Waals surface area contributed by atoms with Gasteiger partial charge >= 0.3 is 5.97 Å². The first-order valence-electron chi connectivity index (χ1n) is 7.00. The molecule has 118 valence electrons. The number of aryl methyl sites for hydroxylation is 1. The van der Waals surface area contributed by atoms with Gasteiger partial charge in [0.15, 0.2) is 12.3 Å². The second kappa shape index (κ2) is 6.97. The Bertz CT molecular complexity index is 573. The van der Waals surface area contributed by atoms with Crippen LogP contribution in [0.2, 0.25) is 0 Å². The van der Waals surface area contributed by atoms with Crippen LogP contribution in [0.3, 0.4) is 0 Å². The van der Waals surface area contributed by atoms with Gasteiger partial charge in [0.1, 0.15) is 0 Å². The Kier molecular flexibility index (Phi) is 5.03. The molecule has 2 heterocycles. The quantitative estimate of drug-likeness (QED) is 0.761. The molecule has 2 amide bonds. The van der Waals surface area contributed by atoms with Crippen molar-refractivity contribution in [1.82, 2.24) is 14.9 Å². The maximum Gasteiger partial charge on any atom is 0.359 e. The van der Waals surface area contributed by atoms with Gasteiger partial charge in [0.25, 0.3) is 5.91 Å². The summed E-state index contributed by atoms with van der Waals surface area (Å²) in [7, 11) is 0. The number of piperidine rings is 1. The van der Waals surface area contributed by atoms with Crippen LogP contribution in [0.5, 0.6) is 0 Å². The number of rotatable bonds is 4. The maximum absolute atomic E-state index is 12.0. The van der Waals surface area contributed by atoms with Crippen molar-refractivity contribution in [2.45, 2.75) is 19.8 Å². The summed E-state index contributed by atoms with van der Waals surface area (Å²) in [5, 5.41) is 0. The molecule has 8 heteroatoms. The van der Waals surface area contributed by atoms with Crippen molar-refractivity contribution in [2.75, 3.05) is 19.7 Å². The number of hydrogen-bond donors (Lipinski definition) is 1. The van der Waals surface area contributed by atoms with E-state index in [2.05, 4.69) is 9.97 Å². The smallest absolute Gasteiger partial charge is 0.359 e. The SMILES string of the molecule is Cc1cnc(C(=O)OCC(=O)N2CCC[C@@H](C(N)=O)C2)cn1. The summed E-state index contributed by atoms with van der Waals surface area (Å²) in [6, 6.07) is 0. The number of carbonyl (C=O) groups excluding carboxylic acids is 3. The molecule has 1 aliphatic rings. The standard InChI is InChI=1S/C14H18N4O4/c1-9-5-17-11(6-16-9)14(21)22-8-12(19)18-4-2-3-10(7-18)13(15)20/h5-6,10H,2-4,7-8H2,1H3,(H2,15,20)/t10-/m1/s1. The predicted molar refractivity (Wildman–Crippen MR) is 75.5 cm³/mol. The summed E-state index contributed by atoms with van der Waals surface area (Å²) in [5.74, 6) is -1.80. The molecule has 1 aromatic heterocycles. The normalized spacial score (nSPS) is 17.9. The van der Waals surface area contributed by atoms with E-state index in [1.165, 1.54) is 17.3 Å². The highest BCUT2D eigenvalue weighted by atomic mass is 16.5. The Labute approximate surface area is 127 Å². The number of amides is 2. The van der Waals surface area contributed by atoms with Crippen LogP contribution in [0.4, 0.5) is 0 Å². The first kappa shape index (κ1) is 15.9. The van der Waals surface area contributed by atoms with Gasteiger partial charge in [-0.25, -0.2) is 9.78 Å². The molecule has 0 radical (unpaired) electrons. The topological polar surface area (TPSA) is 115 Å². The molecule has 1 saturated heterocycles. The van der Waals surface area contributed by atoms with Crippen molar-refractivity contribution >= 4 is 17.8 Å². The van der Waals surface area contributed by atoms with E-state index in [0.717, 1.165) is 0 Å². The van der Waals surface area contributed by atoms with Gasteiger partial charge in [-0.05, 0) is 19.8 Å². The molecule has 1 fully saturated rings. The molecule has 2 N–H and O–H groups in total. The summed E-state index contributed by atoms with van der Waals surface area (Å²) in [6.07, 6.45) is 4.13. The van der Waals surface area contributed by atoms with Gasteiger partial charge in [-0.1, -0.05) is 0 Å². The van der Waals surface area contributed by atoms with Crippen LogP contribution in [0.15, 0.2) is 12.4 Å². The highest BCUT2D eigenvalue weighted by molar-refractivity contribution is 5.89. The molecule has 0 saturated carbocycles. The van der Waals surface area contributed by atoms with Gasteiger partial charge in [-0.2, -0.15) is 0 Å². The van der Waals surface area contributed by atoms with Crippen LogP contribution in [0.1, 0.15) is 29.0 Å². The first-order valence-corrected chi connectivity index (χ1v) is 7.00. The van der Waals surface area contributed by atoms with Crippen molar-refractivity contribution in [3.05, 3.63) is 23.8 Å². The van der Waals surface area contributed by atoms with Crippen molar-refractivity contribution in [3.63, 3.8) is 0 Å². The number of nitrogens with two attached hydrogens (primary N) is 1. The molecule has 0 bridgehead atoms. The number of ether oxygens (including phenoxy) is 1. The van der Waals surface area contributed by atoms with Crippen LogP contribution < -0.4 is 5.73 Å². The van der Waals surface area contributed by atoms with Crippen LogP contribution in [0.25, 0.3) is 0 Å². The van der Waals surface area contributed by atoms with Crippen LogP contribution in [0, 0.1) is 12.8 Å². The fraction of sp³-hybridized carbons (Fsp3) is 0.500. The fourth-order valence-electron chi connectivity index (χ4n) is 2.23. The highest BCUT2D eigenvalue weighted by Crippen LogP contribution is 2.16. The Hall–Kier alpha value is -2.51. The lowest BCUT2D eigenvalue weighted by molar-refractivity contribution is -0.137. The zero-order valence-electron chi connectivity index (χ0n) is 12.3. The molecule has 0 spiro atoms. The van der Waals surface area contributed by atoms with E-state index in [4.69, 9.17) is 10.5 Å². The summed E-state index contributed by atoms with van der Waals surface area (Å²) >= 11 is 0. The van der Waals surface area contributed by atoms with Crippen LogP contribution in [-0.2, 0) is 14.3 Å². The molecule has 8 nitrogen and oxygen atoms in total. The summed E-state index contributed by atoms with van der Waals surface area (Å²) in [5.41, 5.74) is 5.99. The van der Waals surface area contributed by atoms with E-state index in [-0.39, 0.29) is 30.7 Å². The average Bonchev–Trinajstić information content (AvgIpc) is 2.53. The van der Waals surface area contributed by atoms with Gasteiger partial charge in [-0.15, -0.1) is 0 Å². The van der Waals surface area contributed by atoms with E-state index in [1.807, 2.05) is 0 Å². The molecule has 2 rings (SSSR count). The zero-order chi connectivity index (χ0) is 16.1. The van der Waals surface area contributed by atoms with Crippen molar-refractivity contribution in [1.29, 1.82) is 0 Å². The minimum absolute atomic E-state index is 0.0482. The third-order valence-electron chi connectivity index (χ3n) is 3.49. The molecular formula is C14H18N4O4. The van der Waals surface area contributed by atoms with Gasteiger partial charge < -0.3 is 15.4 Å². The first-order chi connectivity index (χ1) is 10.5. The lowest BCUT2D eigenvalue weighted by Crippen LogP contribution is -2.45. The van der Waals surface area contributed by atoms with Crippen LogP contribution >= 0.6 is 0 Å². The summed E-state index contributed by atoms with van der Waals surface area (Å²) in [6.45, 7) is 2.16. The largest absolute Gasteiger partial charge is 0.451 e. The molecule has 1 aromatic rings. The molecule has 1 aliphatic heterocycles. The fourth-order valence-corrected chi connectivity index (χ4v) is 2.23. The number of nitrogens with zero attached hydrogens (tertiary/aromatic N) is 3. The molecule has 0 aromatic carbocycles. The number of primary amides is 1. The van der Waals surface area contributed by atoms with E-state index < -0.39 is 11.9 Å². The summed E-state index contributed by atoms with van der Waals surface area (Å²) in [4.78, 5) is 44.3. The minimum atomic E-state index is -0.704. The number of likely N-dealkylation sites (tertiary alicyclic amines) is 1. The van der Waals surface area contributed by atoms with E-state index in [1.54, 1.807) is 6.92 Å². The number of carbonyl (C=O) groups is 3. The van der Waals surface area contributed by atoms with E-state index >= 15 is 0 Å². The number of esters is 1. The Morgan fingerprint density at radius 3 is 2.77 bits per heavy atom. The second-order valence-corrected chi connectivity index (χ2v) is 5.20. The van der Waals surface area contributed by atoms with Crippen molar-refractivity contribution < 1.29 is 19.1 Å². The third-order valence-corrected chi connectivity index (χ3v) is 3.49. The van der Waals surface area contributed by atoms with Crippen molar-refractivity contribution in [2.24, 2.45) is 11.7 Å². The molecule has 0 aliphatic carbocycles. The number of aromatic nitrogens is 2. The second-order valence-electron chi connectivity index (χ2n) is 5.20. The highest BCUT2D eigenvalue weighted by Gasteiger charge is 2.27. The molecular weight excluding hydrogens is 288 g/mol. The maximum atomic E-state index is 12.0. The van der Waals surface area contributed by atoms with Gasteiger partial charge in [0.05, 0.1) is 17.8 Å². The Morgan fingerprint density at radius 1 is 1.36 bits per heavy atom. The lowest BCUT2D eigenvalue weighted by Gasteiger charge is -2.30. The Morgan fingerprint density at radius 2 is 2.14 bits per heavy atom. The van der Waals surface area contributed by atoms with Gasteiger partial charge in [0.2, 0.25) is 5.91 Å². The number of hydrogen-bond acceptors (Lipinski definition) is 6. The Balaban J connectivity index is 1.85. The average molecular weight is 306 g/mol. The zero-order valence-corrected chi connectivity index (χ0v) is 12.3. The molecule has 1 atom stereocenters. The van der Waals surface area contributed by atoms with Crippen molar-refractivity contribution in [3.8, 4) is 0 Å². The minimum Gasteiger partial charge on any atom is -0.451 e. The molecule has 22 heavy (non-hydrogen) atoms. The van der Waals surface area contributed by atoms with E-state index in [9.17, 15) is 14.4 Å². The van der Waals surface area contributed by atoms with Gasteiger partial charge in [0, 0.05) is 19.3 Å². The summed E-state index contributed by atoms with van der Waals surface area (Å²) < 4.78 is 4.93. The monoisotopic (exact) mass is 306 g/mol. The van der Waals surface area contributed by atoms with Crippen LogP contribution in [-0.4, -0.2) is 52.3 Å². The lowest BCUT2D eigenvalue weighted by atomic mass is 9.97. The van der Waals surface area contributed by atoms with Gasteiger partial charge in [-0.3, -0.25) is 14.6 Å².